The summed E-state index contributed by atoms with van der Waals surface area (Å²) in [6, 6.07) is 12.0. The number of hydrogen-bond donors (Lipinski definition) is 1. The molecule has 0 aliphatic carbocycles. The van der Waals surface area contributed by atoms with Crippen molar-refractivity contribution >= 4 is 5.91 Å². The van der Waals surface area contributed by atoms with E-state index in [-0.39, 0.29) is 11.7 Å². The number of pyridine rings is 2. The van der Waals surface area contributed by atoms with Gasteiger partial charge < -0.3 is 5.32 Å². The lowest BCUT2D eigenvalue weighted by atomic mass is 10.1. The fraction of sp³-hybridized carbons (Fsp3) is 0.105. The van der Waals surface area contributed by atoms with Gasteiger partial charge >= 0.3 is 0 Å². The van der Waals surface area contributed by atoms with Crippen molar-refractivity contribution in [1.82, 2.24) is 15.3 Å². The van der Waals surface area contributed by atoms with Gasteiger partial charge in [0.25, 0.3) is 5.91 Å². The van der Waals surface area contributed by atoms with Crippen LogP contribution in [0.4, 0.5) is 4.39 Å². The lowest BCUT2D eigenvalue weighted by molar-refractivity contribution is 0.0950. The summed E-state index contributed by atoms with van der Waals surface area (Å²) in [5.74, 6) is -0.557. The minimum Gasteiger partial charge on any atom is -0.348 e. The molecule has 1 amide bonds. The maximum atomic E-state index is 14.0. The second-order valence-corrected chi connectivity index (χ2v) is 5.46. The highest BCUT2D eigenvalue weighted by atomic mass is 19.1. The number of aromatic nitrogens is 2. The molecule has 0 spiro atoms. The predicted molar refractivity (Wildman–Crippen MR) is 89.8 cm³/mol. The molecule has 0 bridgehead atoms. The van der Waals surface area contributed by atoms with Gasteiger partial charge in [0.2, 0.25) is 0 Å². The van der Waals surface area contributed by atoms with E-state index in [2.05, 4.69) is 15.3 Å². The van der Waals surface area contributed by atoms with Crippen LogP contribution in [0.2, 0.25) is 0 Å². The molecule has 0 saturated carbocycles. The molecule has 120 valence electrons. The molecule has 0 radical (unpaired) electrons. The Morgan fingerprint density at radius 1 is 1.17 bits per heavy atom. The summed E-state index contributed by atoms with van der Waals surface area (Å²) in [5.41, 5.74) is 3.11. The lowest BCUT2D eigenvalue weighted by Gasteiger charge is -2.07. The second kappa shape index (κ2) is 7.00. The van der Waals surface area contributed by atoms with Crippen LogP contribution in [-0.2, 0) is 6.54 Å². The van der Waals surface area contributed by atoms with Gasteiger partial charge in [-0.1, -0.05) is 12.1 Å². The molecule has 4 nitrogen and oxygen atoms in total. The Hall–Kier alpha value is -3.08. The zero-order valence-corrected chi connectivity index (χ0v) is 13.2. The zero-order chi connectivity index (χ0) is 16.9. The van der Waals surface area contributed by atoms with Crippen molar-refractivity contribution in [3.8, 4) is 11.3 Å². The van der Waals surface area contributed by atoms with Crippen LogP contribution in [0.5, 0.6) is 0 Å². The molecule has 1 aromatic carbocycles. The van der Waals surface area contributed by atoms with Crippen LogP contribution in [0, 0.1) is 12.7 Å². The average Bonchev–Trinajstić information content (AvgIpc) is 2.61. The van der Waals surface area contributed by atoms with Gasteiger partial charge in [-0.25, -0.2) is 4.39 Å². The fourth-order valence-corrected chi connectivity index (χ4v) is 2.30. The highest BCUT2D eigenvalue weighted by Crippen LogP contribution is 2.21. The molecule has 2 aromatic heterocycles. The van der Waals surface area contributed by atoms with Gasteiger partial charge in [0.15, 0.2) is 0 Å². The van der Waals surface area contributed by atoms with Gasteiger partial charge in [0.1, 0.15) is 5.82 Å². The van der Waals surface area contributed by atoms with E-state index in [0.29, 0.717) is 23.4 Å². The molecule has 0 aliphatic rings. The van der Waals surface area contributed by atoms with Gasteiger partial charge in [-0.15, -0.1) is 0 Å². The van der Waals surface area contributed by atoms with Gasteiger partial charge in [0.05, 0.1) is 11.3 Å². The number of rotatable bonds is 4. The first-order chi connectivity index (χ1) is 11.6. The Labute approximate surface area is 139 Å². The number of aryl methyl sites for hydroxylation is 1. The van der Waals surface area contributed by atoms with Crippen molar-refractivity contribution < 1.29 is 9.18 Å². The summed E-state index contributed by atoms with van der Waals surface area (Å²) in [7, 11) is 0. The molecule has 2 heterocycles. The second-order valence-electron chi connectivity index (χ2n) is 5.46. The molecule has 0 saturated heterocycles. The van der Waals surface area contributed by atoms with E-state index in [1.165, 1.54) is 12.3 Å². The number of hydrogen-bond acceptors (Lipinski definition) is 3. The van der Waals surface area contributed by atoms with E-state index in [1.54, 1.807) is 30.6 Å². The highest BCUT2D eigenvalue weighted by molar-refractivity contribution is 5.94. The lowest BCUT2D eigenvalue weighted by Crippen LogP contribution is -2.22. The van der Waals surface area contributed by atoms with Crippen LogP contribution < -0.4 is 5.32 Å². The van der Waals surface area contributed by atoms with Gasteiger partial charge in [-0.3, -0.25) is 14.8 Å². The maximum Gasteiger partial charge on any atom is 0.253 e. The van der Waals surface area contributed by atoms with Crippen molar-refractivity contribution in [2.45, 2.75) is 13.5 Å². The summed E-state index contributed by atoms with van der Waals surface area (Å²) >= 11 is 0. The van der Waals surface area contributed by atoms with Crippen LogP contribution >= 0.6 is 0 Å². The van der Waals surface area contributed by atoms with E-state index in [0.717, 1.165) is 11.1 Å². The molecule has 3 rings (SSSR count). The van der Waals surface area contributed by atoms with E-state index in [4.69, 9.17) is 0 Å². The molecular formula is C19H16FN3O. The Morgan fingerprint density at radius 2 is 2.04 bits per heavy atom. The number of nitrogens with zero attached hydrogens (tertiary/aromatic N) is 2. The highest BCUT2D eigenvalue weighted by Gasteiger charge is 2.09. The van der Waals surface area contributed by atoms with E-state index < -0.39 is 0 Å². The Bertz CT molecular complexity index is 848. The third kappa shape index (κ3) is 3.63. The van der Waals surface area contributed by atoms with Crippen LogP contribution in [0.1, 0.15) is 21.5 Å². The summed E-state index contributed by atoms with van der Waals surface area (Å²) < 4.78 is 14.0. The summed E-state index contributed by atoms with van der Waals surface area (Å²) in [4.78, 5) is 20.3. The quantitative estimate of drug-likeness (QED) is 0.800. The van der Waals surface area contributed by atoms with Crippen molar-refractivity contribution in [1.29, 1.82) is 0 Å². The standard InChI is InChI=1S/C19H16FN3O/c1-13-4-6-16(17(20)9-13)18-7-5-15(12-22-18)19(24)23-11-14-3-2-8-21-10-14/h2-10,12H,11H2,1H3,(H,23,24). The number of nitrogens with one attached hydrogen (secondary N) is 1. The number of carbonyl (C=O) groups is 1. The third-order valence-electron chi connectivity index (χ3n) is 3.60. The minimum atomic E-state index is -0.323. The maximum absolute atomic E-state index is 14.0. The summed E-state index contributed by atoms with van der Waals surface area (Å²) in [6.07, 6.45) is 4.83. The van der Waals surface area contributed by atoms with Crippen molar-refractivity contribution in [2.24, 2.45) is 0 Å². The van der Waals surface area contributed by atoms with Crippen molar-refractivity contribution in [3.05, 3.63) is 83.6 Å². The Morgan fingerprint density at radius 3 is 2.71 bits per heavy atom. The molecule has 0 fully saturated rings. The third-order valence-corrected chi connectivity index (χ3v) is 3.60. The molecular weight excluding hydrogens is 305 g/mol. The van der Waals surface area contributed by atoms with Gasteiger partial charge in [-0.2, -0.15) is 0 Å². The van der Waals surface area contributed by atoms with Crippen molar-refractivity contribution in [3.63, 3.8) is 0 Å². The van der Waals surface area contributed by atoms with Crippen LogP contribution in [-0.4, -0.2) is 15.9 Å². The Kier molecular flexibility index (Phi) is 4.61. The molecule has 0 unspecified atom stereocenters. The van der Waals surface area contributed by atoms with E-state index in [9.17, 15) is 9.18 Å². The van der Waals surface area contributed by atoms with Crippen LogP contribution in [0.3, 0.4) is 0 Å². The largest absolute Gasteiger partial charge is 0.348 e. The van der Waals surface area contributed by atoms with Crippen molar-refractivity contribution in [2.75, 3.05) is 0 Å². The molecule has 1 N–H and O–H groups in total. The molecule has 5 heteroatoms. The first kappa shape index (κ1) is 15.8. The normalized spacial score (nSPS) is 10.4. The fourth-order valence-electron chi connectivity index (χ4n) is 2.30. The van der Waals surface area contributed by atoms with E-state index >= 15 is 0 Å². The smallest absolute Gasteiger partial charge is 0.253 e. The van der Waals surface area contributed by atoms with E-state index in [1.807, 2.05) is 25.1 Å². The molecule has 24 heavy (non-hydrogen) atoms. The molecule has 0 atom stereocenters. The topological polar surface area (TPSA) is 54.9 Å². The predicted octanol–water partition coefficient (Wildman–Crippen LogP) is 3.52. The SMILES string of the molecule is Cc1ccc(-c2ccc(C(=O)NCc3cccnc3)cn2)c(F)c1. The van der Waals surface area contributed by atoms with Gasteiger partial charge in [0, 0.05) is 30.7 Å². The molecule has 3 aromatic rings. The molecule has 0 aliphatic heterocycles. The minimum absolute atomic E-state index is 0.234. The number of benzene rings is 1. The Balaban J connectivity index is 1.71. The van der Waals surface area contributed by atoms with Crippen LogP contribution in [0.25, 0.3) is 11.3 Å². The monoisotopic (exact) mass is 321 g/mol. The van der Waals surface area contributed by atoms with Crippen LogP contribution in [0.15, 0.2) is 61.1 Å². The number of carbonyl (C=O) groups excluding carboxylic acids is 1. The zero-order valence-electron chi connectivity index (χ0n) is 13.2. The first-order valence-corrected chi connectivity index (χ1v) is 7.53. The van der Waals surface area contributed by atoms with Gasteiger partial charge in [-0.05, 0) is 48.4 Å². The number of halogens is 1. The summed E-state index contributed by atoms with van der Waals surface area (Å²) in [6.45, 7) is 2.22. The summed E-state index contributed by atoms with van der Waals surface area (Å²) in [5, 5.41) is 2.80. The number of amides is 1. The first-order valence-electron chi connectivity index (χ1n) is 7.53. The average molecular weight is 321 g/mol.